The predicted molar refractivity (Wildman–Crippen MR) is 103 cm³/mol. The summed E-state index contributed by atoms with van der Waals surface area (Å²) in [5, 5.41) is 5.47. The van der Waals surface area contributed by atoms with Crippen LogP contribution in [0.5, 0.6) is 0 Å². The van der Waals surface area contributed by atoms with Gasteiger partial charge in [0.05, 0.1) is 12.1 Å². The van der Waals surface area contributed by atoms with Crippen molar-refractivity contribution < 1.29 is 9.59 Å². The minimum atomic E-state index is -0.354. The van der Waals surface area contributed by atoms with E-state index in [9.17, 15) is 9.59 Å². The Labute approximate surface area is 157 Å². The van der Waals surface area contributed by atoms with Gasteiger partial charge in [-0.1, -0.05) is 17.7 Å². The van der Waals surface area contributed by atoms with Crippen molar-refractivity contribution >= 4 is 17.5 Å². The Balaban J connectivity index is 1.58. The second-order valence-electron chi connectivity index (χ2n) is 6.38. The number of nitrogens with one attached hydrogen (secondary N) is 2. The van der Waals surface area contributed by atoms with E-state index < -0.39 is 0 Å². The summed E-state index contributed by atoms with van der Waals surface area (Å²) in [6.07, 6.45) is 6.51. The lowest BCUT2D eigenvalue weighted by atomic mass is 10.1. The summed E-state index contributed by atoms with van der Waals surface area (Å²) in [4.78, 5) is 32.6. The summed E-state index contributed by atoms with van der Waals surface area (Å²) in [6, 6.07) is 7.39. The van der Waals surface area contributed by atoms with Gasteiger partial charge in [0.1, 0.15) is 12.1 Å². The van der Waals surface area contributed by atoms with E-state index in [1.54, 1.807) is 35.4 Å². The molecule has 138 valence electrons. The van der Waals surface area contributed by atoms with Gasteiger partial charge in [-0.3, -0.25) is 14.2 Å². The van der Waals surface area contributed by atoms with Crippen molar-refractivity contribution in [2.45, 2.75) is 20.8 Å². The Morgan fingerprint density at radius 1 is 1.11 bits per heavy atom. The Bertz CT molecular complexity index is 940. The molecule has 0 saturated carbocycles. The number of aryl methyl sites for hydroxylation is 3. The van der Waals surface area contributed by atoms with E-state index in [4.69, 9.17) is 0 Å². The van der Waals surface area contributed by atoms with Crippen molar-refractivity contribution in [2.75, 3.05) is 11.9 Å². The lowest BCUT2D eigenvalue weighted by molar-refractivity contribution is -0.115. The monoisotopic (exact) mass is 363 g/mol. The molecule has 2 heterocycles. The molecular weight excluding hydrogens is 342 g/mol. The first-order valence-corrected chi connectivity index (χ1v) is 8.54. The standard InChI is InChI=1S/C20H21N5O2/c1-13-8-14(2)19(15(3)9-13)24-18(26)11-23-20(27)16-4-5-17(22-10-16)25-7-6-21-12-25/h4-10,12H,11H2,1-3H3,(H,23,27)(H,24,26). The summed E-state index contributed by atoms with van der Waals surface area (Å²) in [7, 11) is 0. The first kappa shape index (κ1) is 18.3. The molecule has 0 aliphatic rings. The summed E-state index contributed by atoms with van der Waals surface area (Å²) in [6.45, 7) is 5.79. The second kappa shape index (κ2) is 7.82. The average Bonchev–Trinajstić information content (AvgIpc) is 3.17. The van der Waals surface area contributed by atoms with Crippen LogP contribution < -0.4 is 10.6 Å². The summed E-state index contributed by atoms with van der Waals surface area (Å²) in [5.74, 6) is 0.0284. The highest BCUT2D eigenvalue weighted by molar-refractivity contribution is 5.99. The van der Waals surface area contributed by atoms with Gasteiger partial charge < -0.3 is 10.6 Å². The second-order valence-corrected chi connectivity index (χ2v) is 6.38. The van der Waals surface area contributed by atoms with E-state index >= 15 is 0 Å². The molecule has 0 radical (unpaired) electrons. The van der Waals surface area contributed by atoms with E-state index in [1.807, 2.05) is 32.9 Å². The van der Waals surface area contributed by atoms with Crippen LogP contribution >= 0.6 is 0 Å². The first-order chi connectivity index (χ1) is 12.9. The number of benzene rings is 1. The molecular formula is C20H21N5O2. The lowest BCUT2D eigenvalue weighted by Gasteiger charge is -2.13. The van der Waals surface area contributed by atoms with Gasteiger partial charge in [0.25, 0.3) is 5.91 Å². The maximum atomic E-state index is 12.2. The Morgan fingerprint density at radius 2 is 1.85 bits per heavy atom. The fraction of sp³-hybridized carbons (Fsp3) is 0.200. The molecule has 0 aliphatic heterocycles. The number of imidazole rings is 1. The SMILES string of the molecule is Cc1cc(C)c(NC(=O)CNC(=O)c2ccc(-n3ccnc3)nc2)c(C)c1. The largest absolute Gasteiger partial charge is 0.343 e. The quantitative estimate of drug-likeness (QED) is 0.729. The predicted octanol–water partition coefficient (Wildman–Crippen LogP) is 2.56. The van der Waals surface area contributed by atoms with Crippen LogP contribution in [-0.4, -0.2) is 32.9 Å². The van der Waals surface area contributed by atoms with Crippen molar-refractivity contribution in [3.8, 4) is 5.82 Å². The zero-order chi connectivity index (χ0) is 19.4. The number of carbonyl (C=O) groups is 2. The molecule has 0 saturated heterocycles. The molecule has 3 aromatic rings. The molecule has 3 rings (SSSR count). The zero-order valence-electron chi connectivity index (χ0n) is 15.5. The van der Waals surface area contributed by atoms with Crippen LogP contribution in [0.4, 0.5) is 5.69 Å². The molecule has 2 N–H and O–H groups in total. The number of pyridine rings is 1. The number of rotatable bonds is 5. The number of hydrogen-bond acceptors (Lipinski definition) is 4. The highest BCUT2D eigenvalue weighted by Crippen LogP contribution is 2.21. The Hall–Kier alpha value is -3.48. The molecule has 2 aromatic heterocycles. The van der Waals surface area contributed by atoms with E-state index in [2.05, 4.69) is 20.6 Å². The van der Waals surface area contributed by atoms with Crippen LogP contribution in [-0.2, 0) is 4.79 Å². The minimum Gasteiger partial charge on any atom is -0.343 e. The molecule has 0 aliphatic carbocycles. The molecule has 0 atom stereocenters. The van der Waals surface area contributed by atoms with Crippen molar-refractivity contribution in [1.82, 2.24) is 19.9 Å². The van der Waals surface area contributed by atoms with Gasteiger partial charge >= 0.3 is 0 Å². The number of anilines is 1. The van der Waals surface area contributed by atoms with Gasteiger partial charge in [0, 0.05) is 24.3 Å². The smallest absolute Gasteiger partial charge is 0.253 e. The maximum Gasteiger partial charge on any atom is 0.253 e. The van der Waals surface area contributed by atoms with Crippen molar-refractivity contribution in [2.24, 2.45) is 0 Å². The molecule has 1 aromatic carbocycles. The molecule has 0 fully saturated rings. The van der Waals surface area contributed by atoms with Gasteiger partial charge in [-0.2, -0.15) is 0 Å². The minimum absolute atomic E-state index is 0.116. The van der Waals surface area contributed by atoms with E-state index in [0.29, 0.717) is 11.4 Å². The molecule has 0 bridgehead atoms. The topological polar surface area (TPSA) is 88.9 Å². The summed E-state index contributed by atoms with van der Waals surface area (Å²) < 4.78 is 1.74. The Kier molecular flexibility index (Phi) is 5.30. The summed E-state index contributed by atoms with van der Waals surface area (Å²) in [5.41, 5.74) is 4.29. The molecule has 7 nitrogen and oxygen atoms in total. The van der Waals surface area contributed by atoms with Crippen LogP contribution in [0.15, 0.2) is 49.2 Å². The number of nitrogens with zero attached hydrogens (tertiary/aromatic N) is 3. The van der Waals surface area contributed by atoms with Gasteiger partial charge in [0.15, 0.2) is 0 Å². The normalized spacial score (nSPS) is 10.5. The third-order valence-electron chi connectivity index (χ3n) is 4.13. The van der Waals surface area contributed by atoms with Crippen molar-refractivity contribution in [3.63, 3.8) is 0 Å². The molecule has 0 unspecified atom stereocenters. The van der Waals surface area contributed by atoms with E-state index in [1.165, 1.54) is 6.20 Å². The van der Waals surface area contributed by atoms with Crippen molar-refractivity contribution in [1.29, 1.82) is 0 Å². The fourth-order valence-electron chi connectivity index (χ4n) is 2.89. The summed E-state index contributed by atoms with van der Waals surface area (Å²) >= 11 is 0. The highest BCUT2D eigenvalue weighted by Gasteiger charge is 2.11. The van der Waals surface area contributed by atoms with Gasteiger partial charge in [0.2, 0.25) is 5.91 Å². The van der Waals surface area contributed by atoms with E-state index in [0.717, 1.165) is 22.4 Å². The molecule has 2 amide bonds. The van der Waals surface area contributed by atoms with Crippen LogP contribution in [0, 0.1) is 20.8 Å². The van der Waals surface area contributed by atoms with Crippen LogP contribution in [0.25, 0.3) is 5.82 Å². The first-order valence-electron chi connectivity index (χ1n) is 8.54. The van der Waals surface area contributed by atoms with Crippen LogP contribution in [0.1, 0.15) is 27.0 Å². The molecule has 27 heavy (non-hydrogen) atoms. The molecule has 0 spiro atoms. The van der Waals surface area contributed by atoms with Gasteiger partial charge in [-0.25, -0.2) is 9.97 Å². The van der Waals surface area contributed by atoms with Crippen LogP contribution in [0.2, 0.25) is 0 Å². The third kappa shape index (κ3) is 4.38. The average molecular weight is 363 g/mol. The van der Waals surface area contributed by atoms with E-state index in [-0.39, 0.29) is 18.4 Å². The van der Waals surface area contributed by atoms with Gasteiger partial charge in [-0.05, 0) is 44.0 Å². The maximum absolute atomic E-state index is 12.2. The number of hydrogen-bond donors (Lipinski definition) is 2. The fourth-order valence-corrected chi connectivity index (χ4v) is 2.89. The van der Waals surface area contributed by atoms with Crippen molar-refractivity contribution in [3.05, 3.63) is 71.4 Å². The highest BCUT2D eigenvalue weighted by atomic mass is 16.2. The zero-order valence-corrected chi connectivity index (χ0v) is 15.5. The lowest BCUT2D eigenvalue weighted by Crippen LogP contribution is -2.33. The number of amides is 2. The molecule has 7 heteroatoms. The third-order valence-corrected chi connectivity index (χ3v) is 4.13. The van der Waals surface area contributed by atoms with Gasteiger partial charge in [-0.15, -0.1) is 0 Å². The Morgan fingerprint density at radius 3 is 2.44 bits per heavy atom. The number of aromatic nitrogens is 3. The van der Waals surface area contributed by atoms with Crippen LogP contribution in [0.3, 0.4) is 0 Å². The number of carbonyl (C=O) groups excluding carboxylic acids is 2.